The number of ether oxygens (including phenoxy) is 2. The van der Waals surface area contributed by atoms with Gasteiger partial charge in [-0.3, -0.25) is 4.79 Å². The molecular formula is C14H28N2O4. The first-order valence-electron chi connectivity index (χ1n) is 6.81. The maximum absolute atomic E-state index is 11.7. The summed E-state index contributed by atoms with van der Waals surface area (Å²) in [6.07, 6.45) is 1.47. The van der Waals surface area contributed by atoms with E-state index in [1.165, 1.54) is 7.11 Å². The number of rotatable bonds is 6. The Morgan fingerprint density at radius 1 is 1.20 bits per heavy atom. The lowest BCUT2D eigenvalue weighted by atomic mass is 9.96. The molecule has 6 nitrogen and oxygen atoms in total. The summed E-state index contributed by atoms with van der Waals surface area (Å²) < 4.78 is 9.77. The van der Waals surface area contributed by atoms with Gasteiger partial charge in [-0.2, -0.15) is 0 Å². The van der Waals surface area contributed by atoms with Gasteiger partial charge in [-0.15, -0.1) is 0 Å². The van der Waals surface area contributed by atoms with Crippen molar-refractivity contribution in [2.75, 3.05) is 7.11 Å². The molecule has 0 rings (SSSR count). The number of methoxy groups -OCH3 is 1. The standard InChI is InChI=1S/C14H28N2O4/c1-13(2,3)20-12(18)16-14(4,5)9-7-8-10(15)11(17)19-6/h10H,7-9,15H2,1-6H3,(H,16,18)/t10-/m0/s1. The molecule has 118 valence electrons. The molecule has 0 bridgehead atoms. The number of nitrogens with two attached hydrogens (primary N) is 1. The van der Waals surface area contributed by atoms with Crippen molar-refractivity contribution in [3.63, 3.8) is 0 Å². The van der Waals surface area contributed by atoms with Gasteiger partial charge in [0.2, 0.25) is 0 Å². The summed E-state index contributed by atoms with van der Waals surface area (Å²) in [5.74, 6) is -0.414. The second-order valence-electron chi connectivity index (χ2n) is 6.53. The first-order valence-corrected chi connectivity index (χ1v) is 6.81. The molecule has 1 amide bonds. The summed E-state index contributed by atoms with van der Waals surface area (Å²) in [6, 6.07) is -0.614. The fraction of sp³-hybridized carbons (Fsp3) is 0.857. The highest BCUT2D eigenvalue weighted by atomic mass is 16.6. The number of esters is 1. The smallest absolute Gasteiger partial charge is 0.408 e. The average molecular weight is 288 g/mol. The van der Waals surface area contributed by atoms with Gasteiger partial charge in [0, 0.05) is 5.54 Å². The average Bonchev–Trinajstić information content (AvgIpc) is 2.23. The fourth-order valence-electron chi connectivity index (χ4n) is 1.68. The van der Waals surface area contributed by atoms with E-state index >= 15 is 0 Å². The topological polar surface area (TPSA) is 90.6 Å². The largest absolute Gasteiger partial charge is 0.468 e. The number of carbonyl (C=O) groups excluding carboxylic acids is 2. The summed E-state index contributed by atoms with van der Waals surface area (Å²) in [5.41, 5.74) is 4.72. The Kier molecular flexibility index (Phi) is 6.99. The number of carbonyl (C=O) groups is 2. The van der Waals surface area contributed by atoms with Crippen LogP contribution < -0.4 is 11.1 Å². The Bertz CT molecular complexity index is 335. The number of hydrogen-bond donors (Lipinski definition) is 2. The Labute approximate surface area is 121 Å². The van der Waals surface area contributed by atoms with E-state index in [1.807, 2.05) is 34.6 Å². The van der Waals surface area contributed by atoms with Crippen molar-refractivity contribution in [1.82, 2.24) is 5.32 Å². The highest BCUT2D eigenvalue weighted by Crippen LogP contribution is 2.15. The summed E-state index contributed by atoms with van der Waals surface area (Å²) in [4.78, 5) is 22.9. The van der Waals surface area contributed by atoms with Gasteiger partial charge in [0.15, 0.2) is 0 Å². The Morgan fingerprint density at radius 3 is 2.20 bits per heavy atom. The van der Waals surface area contributed by atoms with E-state index in [-0.39, 0.29) is 0 Å². The summed E-state index contributed by atoms with van der Waals surface area (Å²) >= 11 is 0. The van der Waals surface area contributed by atoms with E-state index in [0.717, 1.165) is 0 Å². The molecule has 0 aromatic carbocycles. The SMILES string of the molecule is COC(=O)[C@@H](N)CCCC(C)(C)NC(=O)OC(C)(C)C. The molecular weight excluding hydrogens is 260 g/mol. The molecule has 0 aliphatic rings. The van der Waals surface area contributed by atoms with Crippen LogP contribution in [-0.4, -0.2) is 36.4 Å². The van der Waals surface area contributed by atoms with Crippen molar-refractivity contribution in [3.05, 3.63) is 0 Å². The fourth-order valence-corrected chi connectivity index (χ4v) is 1.68. The van der Waals surface area contributed by atoms with Gasteiger partial charge in [0.05, 0.1) is 7.11 Å². The highest BCUT2D eigenvalue weighted by molar-refractivity contribution is 5.75. The molecule has 0 aromatic heterocycles. The van der Waals surface area contributed by atoms with Crippen molar-refractivity contribution in [2.45, 2.75) is 71.1 Å². The summed E-state index contributed by atoms with van der Waals surface area (Å²) in [5, 5.41) is 2.81. The lowest BCUT2D eigenvalue weighted by molar-refractivity contribution is -0.142. The number of hydrogen-bond acceptors (Lipinski definition) is 5. The third-order valence-corrected chi connectivity index (χ3v) is 2.66. The van der Waals surface area contributed by atoms with Crippen LogP contribution in [0.2, 0.25) is 0 Å². The number of nitrogens with one attached hydrogen (secondary N) is 1. The van der Waals surface area contributed by atoms with Gasteiger partial charge >= 0.3 is 12.1 Å². The first kappa shape index (κ1) is 18.7. The Balaban J connectivity index is 4.13. The Hall–Kier alpha value is -1.30. The zero-order valence-corrected chi connectivity index (χ0v) is 13.4. The van der Waals surface area contributed by atoms with E-state index in [4.69, 9.17) is 10.5 Å². The van der Waals surface area contributed by atoms with Crippen LogP contribution in [0.5, 0.6) is 0 Å². The van der Waals surface area contributed by atoms with Crippen LogP contribution in [0.4, 0.5) is 4.79 Å². The monoisotopic (exact) mass is 288 g/mol. The van der Waals surface area contributed by atoms with Crippen molar-refractivity contribution in [2.24, 2.45) is 5.73 Å². The zero-order valence-electron chi connectivity index (χ0n) is 13.4. The molecule has 0 aromatic rings. The molecule has 0 radical (unpaired) electrons. The van der Waals surface area contributed by atoms with E-state index < -0.39 is 29.2 Å². The van der Waals surface area contributed by atoms with E-state index in [2.05, 4.69) is 10.1 Å². The van der Waals surface area contributed by atoms with Crippen LogP contribution in [0.15, 0.2) is 0 Å². The predicted octanol–water partition coefficient (Wildman–Crippen LogP) is 1.96. The van der Waals surface area contributed by atoms with Crippen LogP contribution in [0.1, 0.15) is 53.9 Å². The van der Waals surface area contributed by atoms with E-state index in [9.17, 15) is 9.59 Å². The minimum atomic E-state index is -0.614. The zero-order chi connectivity index (χ0) is 16.0. The predicted molar refractivity (Wildman–Crippen MR) is 77.3 cm³/mol. The minimum Gasteiger partial charge on any atom is -0.468 e. The lowest BCUT2D eigenvalue weighted by Crippen LogP contribution is -2.46. The van der Waals surface area contributed by atoms with Gasteiger partial charge < -0.3 is 20.5 Å². The van der Waals surface area contributed by atoms with Gasteiger partial charge in [0.1, 0.15) is 11.6 Å². The van der Waals surface area contributed by atoms with Gasteiger partial charge in [-0.05, 0) is 53.9 Å². The highest BCUT2D eigenvalue weighted by Gasteiger charge is 2.25. The second kappa shape index (κ2) is 7.47. The molecule has 0 fully saturated rings. The summed E-state index contributed by atoms with van der Waals surface area (Å²) in [7, 11) is 1.32. The number of alkyl carbamates (subject to hydrolysis) is 1. The van der Waals surface area contributed by atoms with Gasteiger partial charge in [0.25, 0.3) is 0 Å². The molecule has 0 saturated heterocycles. The molecule has 0 aliphatic carbocycles. The van der Waals surface area contributed by atoms with E-state index in [1.54, 1.807) is 0 Å². The molecule has 6 heteroatoms. The van der Waals surface area contributed by atoms with Crippen molar-refractivity contribution >= 4 is 12.1 Å². The van der Waals surface area contributed by atoms with Crippen molar-refractivity contribution < 1.29 is 19.1 Å². The van der Waals surface area contributed by atoms with Crippen LogP contribution in [-0.2, 0) is 14.3 Å². The Morgan fingerprint density at radius 2 is 1.75 bits per heavy atom. The molecule has 0 unspecified atom stereocenters. The van der Waals surface area contributed by atoms with Crippen LogP contribution in [0.3, 0.4) is 0 Å². The molecule has 0 saturated carbocycles. The van der Waals surface area contributed by atoms with E-state index in [0.29, 0.717) is 19.3 Å². The maximum atomic E-state index is 11.7. The van der Waals surface area contributed by atoms with Crippen LogP contribution in [0, 0.1) is 0 Å². The van der Waals surface area contributed by atoms with Crippen molar-refractivity contribution in [1.29, 1.82) is 0 Å². The maximum Gasteiger partial charge on any atom is 0.408 e. The first-order chi connectivity index (χ1) is 8.97. The molecule has 20 heavy (non-hydrogen) atoms. The van der Waals surface area contributed by atoms with Gasteiger partial charge in [-0.1, -0.05) is 0 Å². The molecule has 3 N–H and O–H groups in total. The van der Waals surface area contributed by atoms with Gasteiger partial charge in [-0.25, -0.2) is 4.79 Å². The minimum absolute atomic E-state index is 0.414. The van der Waals surface area contributed by atoms with Crippen LogP contribution in [0.25, 0.3) is 0 Å². The normalized spacial score (nSPS) is 13.6. The third kappa shape index (κ3) is 8.74. The van der Waals surface area contributed by atoms with Crippen LogP contribution >= 0.6 is 0 Å². The van der Waals surface area contributed by atoms with Crippen molar-refractivity contribution in [3.8, 4) is 0 Å². The molecule has 0 aliphatic heterocycles. The molecule has 0 heterocycles. The second-order valence-corrected chi connectivity index (χ2v) is 6.53. The molecule has 0 spiro atoms. The quantitative estimate of drug-likeness (QED) is 0.729. The molecule has 1 atom stereocenters. The lowest BCUT2D eigenvalue weighted by Gasteiger charge is -2.28. The summed E-state index contributed by atoms with van der Waals surface area (Å²) in [6.45, 7) is 9.25. The number of amides is 1. The third-order valence-electron chi connectivity index (χ3n) is 2.66.